The van der Waals surface area contributed by atoms with E-state index in [-0.39, 0.29) is 11.8 Å². The van der Waals surface area contributed by atoms with E-state index in [1.54, 1.807) is 6.92 Å². The van der Waals surface area contributed by atoms with Crippen LogP contribution >= 0.6 is 11.3 Å². The maximum Gasteiger partial charge on any atom is 0.329 e. The van der Waals surface area contributed by atoms with Crippen LogP contribution in [0.3, 0.4) is 0 Å². The third-order valence-electron chi connectivity index (χ3n) is 4.68. The monoisotopic (exact) mass is 307 g/mol. The lowest BCUT2D eigenvalue weighted by molar-refractivity contribution is -0.144. The number of carbonyl (C=O) groups is 2. The number of hydrogen-bond acceptors (Lipinski definition) is 3. The van der Waals surface area contributed by atoms with Crippen LogP contribution in [0.1, 0.15) is 59.1 Å². The molecule has 0 saturated heterocycles. The summed E-state index contributed by atoms with van der Waals surface area (Å²) in [5.41, 5.74) is 0.157. The van der Waals surface area contributed by atoms with Gasteiger partial charge in [0.25, 0.3) is 5.91 Å². The quantitative estimate of drug-likeness (QED) is 0.840. The second kappa shape index (κ2) is 5.44. The van der Waals surface area contributed by atoms with Gasteiger partial charge in [-0.2, -0.15) is 0 Å². The average Bonchev–Trinajstić information content (AvgIpc) is 3.24. The minimum Gasteiger partial charge on any atom is -0.480 e. The molecule has 0 aromatic carbocycles. The summed E-state index contributed by atoms with van der Waals surface area (Å²) in [5, 5.41) is 12.2. The van der Waals surface area contributed by atoms with Crippen molar-refractivity contribution >= 4 is 23.2 Å². The molecule has 0 bridgehead atoms. The molecule has 0 radical (unpaired) electrons. The molecule has 5 heteroatoms. The Bertz CT molecular complexity index is 553. The number of nitrogens with one attached hydrogen (secondary N) is 1. The first-order valence-corrected chi connectivity index (χ1v) is 8.50. The number of aliphatic carboxylic acids is 1. The summed E-state index contributed by atoms with van der Waals surface area (Å²) in [6.07, 6.45) is 7.46. The van der Waals surface area contributed by atoms with Crippen LogP contribution in [0, 0.1) is 5.92 Å². The Morgan fingerprint density at radius 3 is 2.67 bits per heavy atom. The van der Waals surface area contributed by atoms with Crippen LogP contribution in [0.25, 0.3) is 0 Å². The third-order valence-corrected chi connectivity index (χ3v) is 5.92. The lowest BCUT2D eigenvalue weighted by atomic mass is 9.96. The highest BCUT2D eigenvalue weighted by Crippen LogP contribution is 2.40. The zero-order chi connectivity index (χ0) is 15.0. The maximum absolute atomic E-state index is 12.4. The van der Waals surface area contributed by atoms with Gasteiger partial charge in [-0.25, -0.2) is 4.79 Å². The predicted molar refractivity (Wildman–Crippen MR) is 81.8 cm³/mol. The van der Waals surface area contributed by atoms with Crippen LogP contribution in [0.5, 0.6) is 0 Å². The molecule has 1 amide bonds. The van der Waals surface area contributed by atoms with Crippen LogP contribution in [-0.4, -0.2) is 22.5 Å². The molecular weight excluding hydrogens is 286 g/mol. The number of rotatable bonds is 4. The fourth-order valence-electron chi connectivity index (χ4n) is 3.07. The first kappa shape index (κ1) is 14.6. The van der Waals surface area contributed by atoms with Crippen molar-refractivity contribution in [2.24, 2.45) is 5.92 Å². The standard InChI is InChI=1S/C16H21NO3S/c1-16(15(19)20,11-7-8-11)17-14(18)13-9-10-5-3-2-4-6-12(10)21-13/h9,11H,2-8H2,1H3,(H,17,18)(H,19,20). The van der Waals surface area contributed by atoms with Gasteiger partial charge in [-0.1, -0.05) is 6.42 Å². The molecule has 21 heavy (non-hydrogen) atoms. The minimum absolute atomic E-state index is 0.0664. The van der Waals surface area contributed by atoms with E-state index in [1.165, 1.54) is 41.0 Å². The topological polar surface area (TPSA) is 66.4 Å². The van der Waals surface area contributed by atoms with E-state index in [9.17, 15) is 14.7 Å². The van der Waals surface area contributed by atoms with Crippen molar-refractivity contribution in [1.29, 1.82) is 0 Å². The molecule has 3 rings (SSSR count). The fraction of sp³-hybridized carbons (Fsp3) is 0.625. The molecule has 2 N–H and O–H groups in total. The predicted octanol–water partition coefficient (Wildman–Crippen LogP) is 3.00. The molecule has 1 atom stereocenters. The molecule has 1 saturated carbocycles. The van der Waals surface area contributed by atoms with Gasteiger partial charge in [-0.3, -0.25) is 4.79 Å². The van der Waals surface area contributed by atoms with Gasteiger partial charge in [0, 0.05) is 4.88 Å². The molecule has 2 aliphatic carbocycles. The number of amides is 1. The summed E-state index contributed by atoms with van der Waals surface area (Å²) in [7, 11) is 0. The molecule has 1 fully saturated rings. The highest BCUT2D eigenvalue weighted by Gasteiger charge is 2.48. The van der Waals surface area contributed by atoms with Crippen LogP contribution in [-0.2, 0) is 17.6 Å². The Morgan fingerprint density at radius 2 is 2.00 bits per heavy atom. The van der Waals surface area contributed by atoms with Crippen molar-refractivity contribution in [1.82, 2.24) is 5.32 Å². The van der Waals surface area contributed by atoms with E-state index in [4.69, 9.17) is 0 Å². The SMILES string of the molecule is CC(NC(=O)c1cc2c(s1)CCCCC2)(C(=O)O)C1CC1. The number of hydrogen-bond donors (Lipinski definition) is 2. The maximum atomic E-state index is 12.4. The van der Waals surface area contributed by atoms with E-state index < -0.39 is 11.5 Å². The van der Waals surface area contributed by atoms with Crippen LogP contribution in [0.4, 0.5) is 0 Å². The van der Waals surface area contributed by atoms with Crippen LogP contribution in [0.2, 0.25) is 0 Å². The molecule has 1 aromatic rings. The van der Waals surface area contributed by atoms with Crippen molar-refractivity contribution in [2.45, 2.75) is 57.4 Å². The van der Waals surface area contributed by atoms with Gasteiger partial charge < -0.3 is 10.4 Å². The molecule has 1 unspecified atom stereocenters. The van der Waals surface area contributed by atoms with Crippen molar-refractivity contribution in [3.05, 3.63) is 21.4 Å². The molecule has 4 nitrogen and oxygen atoms in total. The Hall–Kier alpha value is -1.36. The van der Waals surface area contributed by atoms with Crippen LogP contribution in [0.15, 0.2) is 6.07 Å². The molecule has 2 aliphatic rings. The summed E-state index contributed by atoms with van der Waals surface area (Å²) in [6, 6.07) is 1.97. The summed E-state index contributed by atoms with van der Waals surface area (Å²) < 4.78 is 0. The van der Waals surface area contributed by atoms with Gasteiger partial charge in [0.15, 0.2) is 0 Å². The number of carboxylic acid groups (broad SMARTS) is 1. The molecule has 114 valence electrons. The van der Waals surface area contributed by atoms with Gasteiger partial charge in [-0.15, -0.1) is 11.3 Å². The Balaban J connectivity index is 1.77. The fourth-order valence-corrected chi connectivity index (χ4v) is 4.22. The van der Waals surface area contributed by atoms with Gasteiger partial charge in [-0.05, 0) is 63.0 Å². The first-order chi connectivity index (χ1) is 10.0. The molecule has 1 heterocycles. The van der Waals surface area contributed by atoms with E-state index >= 15 is 0 Å². The van der Waals surface area contributed by atoms with Crippen molar-refractivity contribution in [2.75, 3.05) is 0 Å². The average molecular weight is 307 g/mol. The summed E-state index contributed by atoms with van der Waals surface area (Å²) in [5.74, 6) is -1.10. The van der Waals surface area contributed by atoms with E-state index in [0.717, 1.165) is 25.7 Å². The van der Waals surface area contributed by atoms with Crippen molar-refractivity contribution in [3.63, 3.8) is 0 Å². The molecule has 0 spiro atoms. The Morgan fingerprint density at radius 1 is 1.29 bits per heavy atom. The minimum atomic E-state index is -1.13. The third kappa shape index (κ3) is 2.84. The highest BCUT2D eigenvalue weighted by molar-refractivity contribution is 7.14. The number of aryl methyl sites for hydroxylation is 2. The smallest absolute Gasteiger partial charge is 0.329 e. The molecular formula is C16H21NO3S. The summed E-state index contributed by atoms with van der Waals surface area (Å²) >= 11 is 1.54. The Kier molecular flexibility index (Phi) is 3.78. The summed E-state index contributed by atoms with van der Waals surface area (Å²) in [6.45, 7) is 1.63. The zero-order valence-corrected chi connectivity index (χ0v) is 13.1. The van der Waals surface area contributed by atoms with Gasteiger partial charge in [0.05, 0.1) is 4.88 Å². The second-order valence-electron chi connectivity index (χ2n) is 6.36. The number of thiophene rings is 1. The van der Waals surface area contributed by atoms with E-state index in [1.807, 2.05) is 6.07 Å². The largest absolute Gasteiger partial charge is 0.480 e. The summed E-state index contributed by atoms with van der Waals surface area (Å²) in [4.78, 5) is 25.9. The van der Waals surface area contributed by atoms with Gasteiger partial charge in [0.2, 0.25) is 0 Å². The van der Waals surface area contributed by atoms with Gasteiger partial charge in [0.1, 0.15) is 5.54 Å². The lowest BCUT2D eigenvalue weighted by Crippen LogP contribution is -2.53. The second-order valence-corrected chi connectivity index (χ2v) is 7.49. The first-order valence-electron chi connectivity index (χ1n) is 7.68. The van der Waals surface area contributed by atoms with Crippen LogP contribution < -0.4 is 5.32 Å². The molecule has 1 aromatic heterocycles. The number of carboxylic acids is 1. The zero-order valence-electron chi connectivity index (χ0n) is 12.3. The van der Waals surface area contributed by atoms with Crippen molar-refractivity contribution in [3.8, 4) is 0 Å². The van der Waals surface area contributed by atoms with E-state index in [0.29, 0.717) is 4.88 Å². The molecule has 0 aliphatic heterocycles. The van der Waals surface area contributed by atoms with Gasteiger partial charge >= 0.3 is 5.97 Å². The van der Waals surface area contributed by atoms with E-state index in [2.05, 4.69) is 5.32 Å². The van der Waals surface area contributed by atoms with Crippen molar-refractivity contribution < 1.29 is 14.7 Å². The normalized spacial score (nSPS) is 21.0. The number of fused-ring (bicyclic) bond motifs is 1. The number of carbonyl (C=O) groups excluding carboxylic acids is 1. The highest BCUT2D eigenvalue weighted by atomic mass is 32.1. The Labute approximate surface area is 128 Å². The lowest BCUT2D eigenvalue weighted by Gasteiger charge is -2.25.